The number of nitrogens with one attached hydrogen (secondary N) is 1. The topological polar surface area (TPSA) is 64.2 Å². The van der Waals surface area contributed by atoms with E-state index in [1.807, 2.05) is 25.1 Å². The minimum absolute atomic E-state index is 0.0762. The molecular weight excluding hydrogens is 451 g/mol. The van der Waals surface area contributed by atoms with Crippen molar-refractivity contribution < 1.29 is 13.9 Å². The molecule has 5 rings (SSSR count). The van der Waals surface area contributed by atoms with Gasteiger partial charge < -0.3 is 14.5 Å². The SMILES string of the molecule is CCOc1cc(-c2nc3sc4c(c3c(=O)[nH]2)CCCCCC4)ccc1OCc1ccc(F)cc1. The number of ether oxygens (including phenoxy) is 2. The predicted octanol–water partition coefficient (Wildman–Crippen LogP) is 6.43. The second-order valence-corrected chi connectivity index (χ2v) is 9.61. The maximum atomic E-state index is 13.2. The van der Waals surface area contributed by atoms with E-state index in [4.69, 9.17) is 14.5 Å². The number of thiophene rings is 1. The van der Waals surface area contributed by atoms with Crippen LogP contribution in [0.25, 0.3) is 21.6 Å². The largest absolute Gasteiger partial charge is 0.490 e. The van der Waals surface area contributed by atoms with Gasteiger partial charge in [-0.2, -0.15) is 0 Å². The summed E-state index contributed by atoms with van der Waals surface area (Å²) in [5.74, 6) is 1.40. The number of H-pyrrole nitrogens is 1. The van der Waals surface area contributed by atoms with Gasteiger partial charge in [-0.25, -0.2) is 9.37 Å². The zero-order valence-electron chi connectivity index (χ0n) is 19.2. The van der Waals surface area contributed by atoms with E-state index >= 15 is 0 Å². The van der Waals surface area contributed by atoms with Crippen LogP contribution in [0, 0.1) is 5.82 Å². The summed E-state index contributed by atoms with van der Waals surface area (Å²) in [6.45, 7) is 2.67. The molecule has 4 aromatic rings. The van der Waals surface area contributed by atoms with E-state index < -0.39 is 0 Å². The van der Waals surface area contributed by atoms with Crippen molar-refractivity contribution >= 4 is 21.6 Å². The second kappa shape index (κ2) is 9.97. The molecule has 2 aromatic carbocycles. The smallest absolute Gasteiger partial charge is 0.260 e. The Bertz CT molecular complexity index is 1360. The summed E-state index contributed by atoms with van der Waals surface area (Å²) in [5, 5.41) is 0.759. The van der Waals surface area contributed by atoms with E-state index in [0.717, 1.165) is 40.6 Å². The Hall–Kier alpha value is -3.19. The van der Waals surface area contributed by atoms with Crippen molar-refractivity contribution in [2.24, 2.45) is 0 Å². The zero-order chi connectivity index (χ0) is 23.5. The van der Waals surface area contributed by atoms with Crippen LogP contribution >= 0.6 is 11.3 Å². The Kier molecular flexibility index (Phi) is 6.63. The summed E-state index contributed by atoms with van der Waals surface area (Å²) in [5.41, 5.74) is 2.74. The van der Waals surface area contributed by atoms with Gasteiger partial charge in [0.2, 0.25) is 0 Å². The third-order valence-corrected chi connectivity index (χ3v) is 7.34. The first-order valence-corrected chi connectivity index (χ1v) is 12.6. The van der Waals surface area contributed by atoms with Crippen LogP contribution in [0.2, 0.25) is 0 Å². The fourth-order valence-corrected chi connectivity index (χ4v) is 5.70. The summed E-state index contributed by atoms with van der Waals surface area (Å²) < 4.78 is 24.9. The van der Waals surface area contributed by atoms with Crippen molar-refractivity contribution in [3.63, 3.8) is 0 Å². The average molecular weight is 479 g/mol. The molecule has 0 spiro atoms. The van der Waals surface area contributed by atoms with Crippen LogP contribution in [0.4, 0.5) is 4.39 Å². The summed E-state index contributed by atoms with van der Waals surface area (Å²) in [6, 6.07) is 11.7. The van der Waals surface area contributed by atoms with Crippen molar-refractivity contribution in [1.82, 2.24) is 9.97 Å². The number of aromatic amines is 1. The molecule has 0 radical (unpaired) electrons. The highest BCUT2D eigenvalue weighted by Gasteiger charge is 2.19. The number of hydrogen-bond acceptors (Lipinski definition) is 5. The van der Waals surface area contributed by atoms with Crippen LogP contribution < -0.4 is 15.0 Å². The number of aromatic nitrogens is 2. The highest BCUT2D eigenvalue weighted by molar-refractivity contribution is 7.18. The van der Waals surface area contributed by atoms with Crippen molar-refractivity contribution in [2.75, 3.05) is 6.61 Å². The minimum atomic E-state index is -0.278. The molecule has 2 heterocycles. The monoisotopic (exact) mass is 478 g/mol. The van der Waals surface area contributed by atoms with E-state index in [-0.39, 0.29) is 11.4 Å². The fourth-order valence-electron chi connectivity index (χ4n) is 4.44. The van der Waals surface area contributed by atoms with Gasteiger partial charge in [-0.05, 0) is 74.1 Å². The van der Waals surface area contributed by atoms with Gasteiger partial charge in [0.05, 0.1) is 12.0 Å². The Labute approximate surface area is 201 Å². The molecule has 0 bridgehead atoms. The molecular formula is C27H27FN2O3S. The lowest BCUT2D eigenvalue weighted by atomic mass is 9.98. The van der Waals surface area contributed by atoms with Crippen LogP contribution in [-0.4, -0.2) is 16.6 Å². The maximum Gasteiger partial charge on any atom is 0.260 e. The zero-order valence-corrected chi connectivity index (χ0v) is 20.0. The highest BCUT2D eigenvalue weighted by atomic mass is 32.1. The van der Waals surface area contributed by atoms with Crippen LogP contribution in [-0.2, 0) is 19.4 Å². The molecule has 0 unspecified atom stereocenters. The number of fused-ring (bicyclic) bond motifs is 3. The number of aryl methyl sites for hydroxylation is 2. The molecule has 34 heavy (non-hydrogen) atoms. The maximum absolute atomic E-state index is 13.2. The first kappa shape index (κ1) is 22.6. The predicted molar refractivity (Wildman–Crippen MR) is 133 cm³/mol. The minimum Gasteiger partial charge on any atom is -0.490 e. The Morgan fingerprint density at radius 2 is 1.79 bits per heavy atom. The van der Waals surface area contributed by atoms with Gasteiger partial charge >= 0.3 is 0 Å². The van der Waals surface area contributed by atoms with E-state index in [1.54, 1.807) is 23.5 Å². The van der Waals surface area contributed by atoms with E-state index in [0.29, 0.717) is 30.5 Å². The van der Waals surface area contributed by atoms with E-state index in [9.17, 15) is 9.18 Å². The molecule has 2 aromatic heterocycles. The van der Waals surface area contributed by atoms with Crippen LogP contribution in [0.5, 0.6) is 11.5 Å². The standard InChI is InChI=1S/C27H27FN2O3S/c1-2-32-22-15-18(11-14-21(22)33-16-17-9-12-19(28)13-10-17)25-29-26(31)24-20-7-5-3-4-6-8-23(20)34-27(24)30-25/h9-15H,2-8,16H2,1H3,(H,29,30,31). The van der Waals surface area contributed by atoms with Gasteiger partial charge in [0, 0.05) is 10.4 Å². The third kappa shape index (κ3) is 4.71. The third-order valence-electron chi connectivity index (χ3n) is 6.15. The lowest BCUT2D eigenvalue weighted by Crippen LogP contribution is -2.10. The number of benzene rings is 2. The Morgan fingerprint density at radius 3 is 2.59 bits per heavy atom. The molecule has 0 saturated carbocycles. The summed E-state index contributed by atoms with van der Waals surface area (Å²) >= 11 is 1.66. The van der Waals surface area contributed by atoms with Crippen molar-refractivity contribution in [2.45, 2.75) is 52.1 Å². The first-order valence-electron chi connectivity index (χ1n) is 11.8. The quantitative estimate of drug-likeness (QED) is 0.347. The summed E-state index contributed by atoms with van der Waals surface area (Å²) in [7, 11) is 0. The summed E-state index contributed by atoms with van der Waals surface area (Å²) in [4.78, 5) is 23.0. The van der Waals surface area contributed by atoms with Crippen molar-refractivity contribution in [1.29, 1.82) is 0 Å². The first-order chi connectivity index (χ1) is 16.6. The molecule has 0 aliphatic heterocycles. The number of hydrogen-bond donors (Lipinski definition) is 1. The van der Waals surface area contributed by atoms with Gasteiger partial charge in [0.1, 0.15) is 23.1 Å². The van der Waals surface area contributed by atoms with Crippen LogP contribution in [0.1, 0.15) is 48.6 Å². The van der Waals surface area contributed by atoms with Gasteiger partial charge in [0.15, 0.2) is 11.5 Å². The van der Waals surface area contributed by atoms with Crippen LogP contribution in [0.3, 0.4) is 0 Å². The molecule has 1 aliphatic carbocycles. The highest BCUT2D eigenvalue weighted by Crippen LogP contribution is 2.35. The number of nitrogens with zero attached hydrogens (tertiary/aromatic N) is 1. The normalized spacial score (nSPS) is 13.8. The lowest BCUT2D eigenvalue weighted by molar-refractivity contribution is 0.269. The van der Waals surface area contributed by atoms with Gasteiger partial charge in [-0.15, -0.1) is 11.3 Å². The van der Waals surface area contributed by atoms with E-state index in [1.165, 1.54) is 41.8 Å². The van der Waals surface area contributed by atoms with Gasteiger partial charge in [0.25, 0.3) is 5.56 Å². The molecule has 0 atom stereocenters. The Morgan fingerprint density at radius 1 is 1.00 bits per heavy atom. The molecule has 0 amide bonds. The molecule has 176 valence electrons. The molecule has 1 aliphatic rings. The molecule has 5 nitrogen and oxygen atoms in total. The second-order valence-electron chi connectivity index (χ2n) is 8.52. The molecule has 0 saturated heterocycles. The number of halogens is 1. The van der Waals surface area contributed by atoms with Crippen LogP contribution in [0.15, 0.2) is 47.3 Å². The average Bonchev–Trinajstić information content (AvgIpc) is 3.16. The van der Waals surface area contributed by atoms with E-state index in [2.05, 4.69) is 4.98 Å². The fraction of sp³-hybridized carbons (Fsp3) is 0.333. The van der Waals surface area contributed by atoms with Crippen molar-refractivity contribution in [3.8, 4) is 22.9 Å². The van der Waals surface area contributed by atoms with Gasteiger partial charge in [-0.1, -0.05) is 25.0 Å². The van der Waals surface area contributed by atoms with Crippen molar-refractivity contribution in [3.05, 3.63) is 74.6 Å². The Balaban J connectivity index is 1.46. The molecule has 0 fully saturated rings. The molecule has 7 heteroatoms. The lowest BCUT2D eigenvalue weighted by Gasteiger charge is -2.13. The van der Waals surface area contributed by atoms with Gasteiger partial charge in [-0.3, -0.25) is 4.79 Å². The molecule has 1 N–H and O–H groups in total. The number of rotatable bonds is 6. The summed E-state index contributed by atoms with van der Waals surface area (Å²) in [6.07, 6.45) is 6.74.